The van der Waals surface area contributed by atoms with E-state index in [0.717, 1.165) is 12.4 Å². The van der Waals surface area contributed by atoms with E-state index in [-0.39, 0.29) is 0 Å². The molecule has 13 heavy (non-hydrogen) atoms. The highest BCUT2D eigenvalue weighted by molar-refractivity contribution is 6.29. The molecular formula is C10H15ClN2. The summed E-state index contributed by atoms with van der Waals surface area (Å²) in [5.74, 6) is 0.864. The normalized spacial score (nSPS) is 10.0. The summed E-state index contributed by atoms with van der Waals surface area (Å²) in [7, 11) is 0. The highest BCUT2D eigenvalue weighted by Crippen LogP contribution is 2.09. The Kier molecular flexibility index (Phi) is 4.61. The fraction of sp³-hybridized carbons (Fsp3) is 0.500. The summed E-state index contributed by atoms with van der Waals surface area (Å²) in [6, 6.07) is 5.61. The number of unbranched alkanes of at least 4 members (excludes halogenated alkanes) is 2. The number of rotatable bonds is 5. The minimum Gasteiger partial charge on any atom is -0.370 e. The van der Waals surface area contributed by atoms with Crippen LogP contribution in [0.3, 0.4) is 0 Å². The zero-order valence-corrected chi connectivity index (χ0v) is 8.64. The smallest absolute Gasteiger partial charge is 0.131 e. The van der Waals surface area contributed by atoms with E-state index >= 15 is 0 Å². The van der Waals surface area contributed by atoms with Crippen LogP contribution in [-0.4, -0.2) is 11.5 Å². The van der Waals surface area contributed by atoms with Crippen molar-refractivity contribution in [2.75, 3.05) is 11.9 Å². The number of nitrogens with zero attached hydrogens (tertiary/aromatic N) is 1. The van der Waals surface area contributed by atoms with Crippen molar-refractivity contribution in [3.63, 3.8) is 0 Å². The van der Waals surface area contributed by atoms with Gasteiger partial charge in [0.25, 0.3) is 0 Å². The van der Waals surface area contributed by atoms with Crippen molar-refractivity contribution in [1.82, 2.24) is 4.98 Å². The first kappa shape index (κ1) is 10.3. The van der Waals surface area contributed by atoms with E-state index in [4.69, 9.17) is 11.6 Å². The third kappa shape index (κ3) is 4.13. The van der Waals surface area contributed by atoms with Gasteiger partial charge in [-0.05, 0) is 18.6 Å². The van der Waals surface area contributed by atoms with Gasteiger partial charge in [-0.2, -0.15) is 0 Å². The van der Waals surface area contributed by atoms with Crippen LogP contribution in [-0.2, 0) is 0 Å². The number of nitrogens with one attached hydrogen (secondary N) is 1. The van der Waals surface area contributed by atoms with Gasteiger partial charge in [-0.3, -0.25) is 0 Å². The summed E-state index contributed by atoms with van der Waals surface area (Å²) >= 11 is 5.73. The van der Waals surface area contributed by atoms with Crippen molar-refractivity contribution in [3.05, 3.63) is 23.4 Å². The summed E-state index contributed by atoms with van der Waals surface area (Å²) in [6.07, 6.45) is 3.68. The fourth-order valence-electron chi connectivity index (χ4n) is 1.10. The molecule has 1 aromatic heterocycles. The molecule has 0 saturated carbocycles. The van der Waals surface area contributed by atoms with Gasteiger partial charge < -0.3 is 5.32 Å². The average molecular weight is 199 g/mol. The van der Waals surface area contributed by atoms with Gasteiger partial charge in [-0.1, -0.05) is 37.4 Å². The Hall–Kier alpha value is -0.760. The number of anilines is 1. The van der Waals surface area contributed by atoms with Crippen LogP contribution in [0.4, 0.5) is 5.82 Å². The lowest BCUT2D eigenvalue weighted by molar-refractivity contribution is 0.742. The average Bonchev–Trinajstić information content (AvgIpc) is 2.13. The largest absolute Gasteiger partial charge is 0.370 e. The molecule has 1 rings (SSSR count). The third-order valence-electron chi connectivity index (χ3n) is 1.80. The lowest BCUT2D eigenvalue weighted by Crippen LogP contribution is -2.02. The lowest BCUT2D eigenvalue weighted by atomic mass is 10.2. The molecule has 1 aromatic rings. The molecule has 0 spiro atoms. The molecule has 0 radical (unpaired) electrons. The standard InChI is InChI=1S/C10H15ClN2/c1-2-3-4-8-12-10-7-5-6-9(11)13-10/h5-7H,2-4,8H2,1H3,(H,12,13). The van der Waals surface area contributed by atoms with Gasteiger partial charge in [0.2, 0.25) is 0 Å². The molecule has 0 saturated heterocycles. The number of hydrogen-bond acceptors (Lipinski definition) is 2. The van der Waals surface area contributed by atoms with Crippen molar-refractivity contribution in [3.8, 4) is 0 Å². The highest BCUT2D eigenvalue weighted by Gasteiger charge is 1.93. The maximum atomic E-state index is 5.73. The predicted molar refractivity (Wildman–Crippen MR) is 57.3 cm³/mol. The minimum atomic E-state index is 0.542. The Balaban J connectivity index is 2.28. The van der Waals surface area contributed by atoms with E-state index < -0.39 is 0 Å². The molecule has 0 fully saturated rings. The van der Waals surface area contributed by atoms with Crippen LogP contribution in [0.1, 0.15) is 26.2 Å². The van der Waals surface area contributed by atoms with E-state index in [2.05, 4.69) is 17.2 Å². The Bertz CT molecular complexity index is 250. The van der Waals surface area contributed by atoms with E-state index in [1.54, 1.807) is 6.07 Å². The van der Waals surface area contributed by atoms with Gasteiger partial charge in [0.15, 0.2) is 0 Å². The second-order valence-electron chi connectivity index (χ2n) is 2.98. The summed E-state index contributed by atoms with van der Waals surface area (Å²) in [6.45, 7) is 3.17. The molecule has 0 atom stereocenters. The Morgan fingerprint density at radius 2 is 2.23 bits per heavy atom. The molecule has 3 heteroatoms. The first-order valence-corrected chi connectivity index (χ1v) is 5.07. The van der Waals surface area contributed by atoms with E-state index in [1.807, 2.05) is 12.1 Å². The molecule has 2 nitrogen and oxygen atoms in total. The fourth-order valence-corrected chi connectivity index (χ4v) is 1.26. The molecule has 0 aliphatic carbocycles. The van der Waals surface area contributed by atoms with Crippen LogP contribution >= 0.6 is 11.6 Å². The lowest BCUT2D eigenvalue weighted by Gasteiger charge is -2.04. The number of pyridine rings is 1. The Labute approximate surface area is 84.3 Å². The van der Waals surface area contributed by atoms with Crippen molar-refractivity contribution >= 4 is 17.4 Å². The quantitative estimate of drug-likeness (QED) is 0.580. The summed E-state index contributed by atoms with van der Waals surface area (Å²) in [4.78, 5) is 4.13. The Morgan fingerprint density at radius 1 is 1.38 bits per heavy atom. The number of halogens is 1. The molecule has 72 valence electrons. The molecule has 0 bridgehead atoms. The molecule has 0 unspecified atom stereocenters. The Morgan fingerprint density at radius 3 is 2.92 bits per heavy atom. The molecule has 1 heterocycles. The van der Waals surface area contributed by atoms with Gasteiger partial charge in [-0.15, -0.1) is 0 Å². The van der Waals surface area contributed by atoms with Crippen molar-refractivity contribution < 1.29 is 0 Å². The topological polar surface area (TPSA) is 24.9 Å². The molecule has 0 amide bonds. The van der Waals surface area contributed by atoms with Crippen LogP contribution in [0.25, 0.3) is 0 Å². The first-order valence-electron chi connectivity index (χ1n) is 4.69. The van der Waals surface area contributed by atoms with Crippen LogP contribution in [0.5, 0.6) is 0 Å². The van der Waals surface area contributed by atoms with Crippen molar-refractivity contribution in [2.24, 2.45) is 0 Å². The van der Waals surface area contributed by atoms with Crippen LogP contribution < -0.4 is 5.32 Å². The van der Waals surface area contributed by atoms with E-state index in [0.29, 0.717) is 5.15 Å². The zero-order valence-electron chi connectivity index (χ0n) is 7.89. The van der Waals surface area contributed by atoms with E-state index in [1.165, 1.54) is 19.3 Å². The van der Waals surface area contributed by atoms with Gasteiger partial charge in [0.1, 0.15) is 11.0 Å². The van der Waals surface area contributed by atoms with Crippen LogP contribution in [0.15, 0.2) is 18.2 Å². The maximum Gasteiger partial charge on any atom is 0.131 e. The van der Waals surface area contributed by atoms with Gasteiger partial charge in [0, 0.05) is 6.54 Å². The van der Waals surface area contributed by atoms with E-state index in [9.17, 15) is 0 Å². The van der Waals surface area contributed by atoms with Gasteiger partial charge in [0.05, 0.1) is 0 Å². The summed E-state index contributed by atoms with van der Waals surface area (Å²) < 4.78 is 0. The van der Waals surface area contributed by atoms with Crippen molar-refractivity contribution in [2.45, 2.75) is 26.2 Å². The molecule has 0 aromatic carbocycles. The van der Waals surface area contributed by atoms with Crippen molar-refractivity contribution in [1.29, 1.82) is 0 Å². The maximum absolute atomic E-state index is 5.73. The molecule has 0 aliphatic heterocycles. The van der Waals surface area contributed by atoms with Gasteiger partial charge >= 0.3 is 0 Å². The third-order valence-corrected chi connectivity index (χ3v) is 2.01. The number of aromatic nitrogens is 1. The molecule has 0 aliphatic rings. The molecular weight excluding hydrogens is 184 g/mol. The van der Waals surface area contributed by atoms with Crippen LogP contribution in [0, 0.1) is 0 Å². The minimum absolute atomic E-state index is 0.542. The SMILES string of the molecule is CCCCCNc1cccc(Cl)n1. The summed E-state index contributed by atoms with van der Waals surface area (Å²) in [5, 5.41) is 3.77. The van der Waals surface area contributed by atoms with Gasteiger partial charge in [-0.25, -0.2) is 4.98 Å². The second-order valence-corrected chi connectivity index (χ2v) is 3.37. The first-order chi connectivity index (χ1) is 6.33. The van der Waals surface area contributed by atoms with Crippen LogP contribution in [0.2, 0.25) is 5.15 Å². The zero-order chi connectivity index (χ0) is 9.52. The predicted octanol–water partition coefficient (Wildman–Crippen LogP) is 3.34. The number of hydrogen-bond donors (Lipinski definition) is 1. The second kappa shape index (κ2) is 5.81. The highest BCUT2D eigenvalue weighted by atomic mass is 35.5. The summed E-state index contributed by atoms with van der Waals surface area (Å²) in [5.41, 5.74) is 0. The molecule has 1 N–H and O–H groups in total. The monoisotopic (exact) mass is 198 g/mol.